The van der Waals surface area contributed by atoms with E-state index in [1.165, 1.54) is 51.4 Å². The first-order valence-electron chi connectivity index (χ1n) is 12.4. The van der Waals surface area contributed by atoms with Gasteiger partial charge in [0.15, 0.2) is 0 Å². The van der Waals surface area contributed by atoms with Crippen LogP contribution in [0.2, 0.25) is 0 Å². The summed E-state index contributed by atoms with van der Waals surface area (Å²) in [7, 11) is 0. The molecule has 1 N–H and O–H groups in total. The van der Waals surface area contributed by atoms with E-state index in [9.17, 15) is 5.11 Å². The number of hydrogen-bond acceptors (Lipinski definition) is 1. The Morgan fingerprint density at radius 3 is 2.54 bits per heavy atom. The lowest BCUT2D eigenvalue weighted by atomic mass is 9.49. The van der Waals surface area contributed by atoms with Crippen molar-refractivity contribution in [3.8, 4) is 0 Å². The van der Waals surface area contributed by atoms with Crippen LogP contribution in [-0.2, 0) is 0 Å². The molecule has 1 nitrogen and oxygen atoms in total. The molecule has 0 aromatic carbocycles. The second-order valence-corrected chi connectivity index (χ2v) is 11.7. The third-order valence-corrected chi connectivity index (χ3v) is 9.82. The average molecular weight is 385 g/mol. The monoisotopic (exact) mass is 384 g/mol. The number of rotatable bonds is 5. The average Bonchev–Trinajstić information content (AvgIpc) is 3.00. The van der Waals surface area contributed by atoms with Crippen LogP contribution >= 0.6 is 0 Å². The maximum Gasteiger partial charge on any atom is 0.0636 e. The van der Waals surface area contributed by atoms with E-state index in [-0.39, 0.29) is 11.5 Å². The van der Waals surface area contributed by atoms with Crippen molar-refractivity contribution >= 4 is 0 Å². The molecular weight excluding hydrogens is 340 g/mol. The van der Waals surface area contributed by atoms with Crippen molar-refractivity contribution in [2.75, 3.05) is 0 Å². The van der Waals surface area contributed by atoms with Crippen LogP contribution in [0.15, 0.2) is 23.3 Å². The van der Waals surface area contributed by atoms with E-state index in [2.05, 4.69) is 46.8 Å². The fraction of sp³-hybridized carbons (Fsp3) is 0.852. The SMILES string of the molecule is CC(C)CCC[C@@H](C)[C@H]1CC[C@H]2C3=CC=C4CCC[C@H](O)[C@]4(C)[C@H]3CC[C@]12C. The smallest absolute Gasteiger partial charge is 0.0636 e. The lowest BCUT2D eigenvalue weighted by Crippen LogP contribution is -2.50. The summed E-state index contributed by atoms with van der Waals surface area (Å²) < 4.78 is 0. The molecule has 0 radical (unpaired) electrons. The fourth-order valence-electron chi connectivity index (χ4n) is 8.08. The summed E-state index contributed by atoms with van der Waals surface area (Å²) in [5.74, 6) is 3.94. The van der Waals surface area contributed by atoms with Gasteiger partial charge in [-0.2, -0.15) is 0 Å². The summed E-state index contributed by atoms with van der Waals surface area (Å²) >= 11 is 0. The van der Waals surface area contributed by atoms with E-state index in [1.807, 2.05) is 0 Å². The summed E-state index contributed by atoms with van der Waals surface area (Å²) in [6, 6.07) is 0. The molecule has 4 aliphatic rings. The Morgan fingerprint density at radius 1 is 1.00 bits per heavy atom. The van der Waals surface area contributed by atoms with Crippen molar-refractivity contribution in [3.05, 3.63) is 23.3 Å². The van der Waals surface area contributed by atoms with Gasteiger partial charge in [0.2, 0.25) is 0 Å². The lowest BCUT2D eigenvalue weighted by Gasteiger charge is -2.56. The number of fused-ring (bicyclic) bond motifs is 5. The van der Waals surface area contributed by atoms with E-state index in [0.717, 1.165) is 36.5 Å². The highest BCUT2D eigenvalue weighted by molar-refractivity contribution is 5.39. The first-order chi connectivity index (χ1) is 13.3. The number of hydrogen-bond donors (Lipinski definition) is 1. The Balaban J connectivity index is 1.55. The highest BCUT2D eigenvalue weighted by atomic mass is 16.3. The molecule has 0 unspecified atom stereocenters. The van der Waals surface area contributed by atoms with Gasteiger partial charge >= 0.3 is 0 Å². The van der Waals surface area contributed by atoms with Crippen LogP contribution in [0, 0.1) is 40.4 Å². The molecule has 0 heterocycles. The molecule has 3 fully saturated rings. The molecule has 0 amide bonds. The lowest BCUT2D eigenvalue weighted by molar-refractivity contribution is -0.0246. The fourth-order valence-corrected chi connectivity index (χ4v) is 8.08. The Bertz CT molecular complexity index is 643. The first kappa shape index (κ1) is 20.7. The Morgan fingerprint density at radius 2 is 1.79 bits per heavy atom. The Labute approximate surface area is 174 Å². The van der Waals surface area contributed by atoms with Crippen molar-refractivity contribution in [3.63, 3.8) is 0 Å². The van der Waals surface area contributed by atoms with Crippen molar-refractivity contribution in [2.24, 2.45) is 40.4 Å². The molecule has 0 saturated heterocycles. The van der Waals surface area contributed by atoms with E-state index >= 15 is 0 Å². The molecule has 0 bridgehead atoms. The molecule has 0 spiro atoms. The maximum absolute atomic E-state index is 11.0. The van der Waals surface area contributed by atoms with Gasteiger partial charge in [-0.15, -0.1) is 0 Å². The summed E-state index contributed by atoms with van der Waals surface area (Å²) in [5, 5.41) is 11.0. The first-order valence-corrected chi connectivity index (χ1v) is 12.4. The van der Waals surface area contributed by atoms with Gasteiger partial charge in [-0.25, -0.2) is 0 Å². The quantitative estimate of drug-likeness (QED) is 0.527. The molecule has 0 aromatic heterocycles. The number of aliphatic hydroxyl groups excluding tert-OH is 1. The topological polar surface area (TPSA) is 20.2 Å². The molecule has 4 rings (SSSR count). The van der Waals surface area contributed by atoms with Gasteiger partial charge in [0.25, 0.3) is 0 Å². The van der Waals surface area contributed by atoms with Crippen LogP contribution < -0.4 is 0 Å². The van der Waals surface area contributed by atoms with E-state index < -0.39 is 0 Å². The van der Waals surface area contributed by atoms with Crippen LogP contribution in [-0.4, -0.2) is 11.2 Å². The molecule has 0 aliphatic heterocycles. The van der Waals surface area contributed by atoms with Crippen molar-refractivity contribution in [1.29, 1.82) is 0 Å². The molecule has 1 heteroatoms. The van der Waals surface area contributed by atoms with Crippen molar-refractivity contribution in [1.82, 2.24) is 0 Å². The van der Waals surface area contributed by atoms with E-state index in [1.54, 1.807) is 11.1 Å². The molecular formula is C27H44O. The normalized spacial score (nSPS) is 43.7. The van der Waals surface area contributed by atoms with Gasteiger partial charge in [-0.3, -0.25) is 0 Å². The molecule has 3 saturated carbocycles. The van der Waals surface area contributed by atoms with Gasteiger partial charge in [0.05, 0.1) is 6.10 Å². The molecule has 0 aromatic rings. The van der Waals surface area contributed by atoms with Gasteiger partial charge < -0.3 is 5.11 Å². The molecule has 7 atom stereocenters. The highest BCUT2D eigenvalue weighted by Crippen LogP contribution is 2.66. The number of allylic oxidation sites excluding steroid dienone is 3. The summed E-state index contributed by atoms with van der Waals surface area (Å²) in [6.07, 6.45) is 17.8. The van der Waals surface area contributed by atoms with Gasteiger partial charge in [-0.1, -0.05) is 77.2 Å². The zero-order valence-electron chi connectivity index (χ0n) is 19.1. The summed E-state index contributed by atoms with van der Waals surface area (Å²) in [4.78, 5) is 0. The Hall–Kier alpha value is -0.560. The minimum absolute atomic E-state index is 0.0185. The molecule has 158 valence electrons. The summed E-state index contributed by atoms with van der Waals surface area (Å²) in [6.45, 7) is 12.3. The third kappa shape index (κ3) is 3.15. The highest BCUT2D eigenvalue weighted by Gasteiger charge is 2.58. The zero-order chi connectivity index (χ0) is 20.1. The largest absolute Gasteiger partial charge is 0.392 e. The van der Waals surface area contributed by atoms with Gasteiger partial charge in [0.1, 0.15) is 0 Å². The van der Waals surface area contributed by atoms with E-state index in [4.69, 9.17) is 0 Å². The molecule has 4 aliphatic carbocycles. The Kier molecular flexibility index (Phi) is 5.62. The second kappa shape index (κ2) is 7.60. The van der Waals surface area contributed by atoms with Crippen LogP contribution in [0.1, 0.15) is 98.8 Å². The number of aliphatic hydroxyl groups is 1. The van der Waals surface area contributed by atoms with Crippen LogP contribution in [0.5, 0.6) is 0 Å². The predicted octanol–water partition coefficient (Wildman–Crippen LogP) is 7.31. The standard InChI is InChI=1S/C27H44O/c1-18(2)8-6-9-19(3)22-14-15-23-21-13-12-20-10-7-11-25(28)27(20,5)24(21)16-17-26(22,23)4/h12-13,18-19,22-25,28H,6-11,14-17H2,1-5H3/t19-,22-,23+,24+,25+,26-,27+/m1/s1. The summed E-state index contributed by atoms with van der Waals surface area (Å²) in [5.41, 5.74) is 3.77. The van der Waals surface area contributed by atoms with Crippen LogP contribution in [0.25, 0.3) is 0 Å². The van der Waals surface area contributed by atoms with Gasteiger partial charge in [-0.05, 0) is 80.0 Å². The predicted molar refractivity (Wildman–Crippen MR) is 119 cm³/mol. The van der Waals surface area contributed by atoms with Crippen molar-refractivity contribution in [2.45, 2.75) is 105 Å². The zero-order valence-corrected chi connectivity index (χ0v) is 19.1. The maximum atomic E-state index is 11.0. The second-order valence-electron chi connectivity index (χ2n) is 11.7. The minimum atomic E-state index is -0.141. The van der Waals surface area contributed by atoms with Crippen LogP contribution in [0.4, 0.5) is 0 Å². The molecule has 28 heavy (non-hydrogen) atoms. The third-order valence-electron chi connectivity index (χ3n) is 9.82. The minimum Gasteiger partial charge on any atom is -0.392 e. The van der Waals surface area contributed by atoms with E-state index in [0.29, 0.717) is 11.3 Å². The van der Waals surface area contributed by atoms with Crippen LogP contribution in [0.3, 0.4) is 0 Å². The van der Waals surface area contributed by atoms with Gasteiger partial charge in [0, 0.05) is 5.41 Å². The van der Waals surface area contributed by atoms with Crippen molar-refractivity contribution < 1.29 is 5.11 Å².